The molecule has 0 saturated heterocycles. The first-order chi connectivity index (χ1) is 4.74. The van der Waals surface area contributed by atoms with Gasteiger partial charge >= 0.3 is 0 Å². The maximum Gasteiger partial charge on any atom is 0.147 e. The van der Waals surface area contributed by atoms with E-state index in [9.17, 15) is 0 Å². The molecule has 0 atom stereocenters. The summed E-state index contributed by atoms with van der Waals surface area (Å²) >= 11 is 16.7. The lowest BCUT2D eigenvalue weighted by Crippen LogP contribution is -1.84. The van der Waals surface area contributed by atoms with Gasteiger partial charge in [-0.25, -0.2) is 4.98 Å². The van der Waals surface area contributed by atoms with Gasteiger partial charge in [-0.05, 0) is 12.1 Å². The van der Waals surface area contributed by atoms with Gasteiger partial charge in [-0.1, -0.05) is 23.2 Å². The molecule has 0 spiro atoms. The van der Waals surface area contributed by atoms with Gasteiger partial charge in [0.15, 0.2) is 0 Å². The van der Waals surface area contributed by atoms with Gasteiger partial charge in [0.05, 0.1) is 16.6 Å². The van der Waals surface area contributed by atoms with Crippen molar-refractivity contribution < 1.29 is 0 Å². The first-order valence-electron chi connectivity index (χ1n) is 2.61. The van der Waals surface area contributed by atoms with Gasteiger partial charge in [0.2, 0.25) is 0 Å². The standard InChI is InChI=1S/C6H4Cl3N/c7-3-4-1-2-5(8)6(9)10-4/h1-2H,3H2. The molecule has 0 aliphatic heterocycles. The normalized spacial score (nSPS) is 9.90. The quantitative estimate of drug-likeness (QED) is 0.497. The minimum absolute atomic E-state index is 0.305. The van der Waals surface area contributed by atoms with Crippen LogP contribution in [-0.4, -0.2) is 4.98 Å². The monoisotopic (exact) mass is 195 g/mol. The molecule has 0 amide bonds. The topological polar surface area (TPSA) is 12.9 Å². The molecule has 1 aromatic rings. The third-order valence-corrected chi connectivity index (χ3v) is 1.96. The van der Waals surface area contributed by atoms with E-state index in [0.717, 1.165) is 5.69 Å². The van der Waals surface area contributed by atoms with Gasteiger partial charge in [0, 0.05) is 0 Å². The largest absolute Gasteiger partial charge is 0.238 e. The Labute approximate surface area is 73.9 Å². The van der Waals surface area contributed by atoms with E-state index in [1.54, 1.807) is 12.1 Å². The molecular weight excluding hydrogens is 192 g/mol. The number of nitrogens with zero attached hydrogens (tertiary/aromatic N) is 1. The van der Waals surface area contributed by atoms with Gasteiger partial charge in [-0.2, -0.15) is 0 Å². The summed E-state index contributed by atoms with van der Waals surface area (Å²) in [5.41, 5.74) is 0.732. The van der Waals surface area contributed by atoms with E-state index in [1.165, 1.54) is 0 Å². The molecular formula is C6H4Cl3N. The van der Waals surface area contributed by atoms with E-state index in [0.29, 0.717) is 16.1 Å². The highest BCUT2D eigenvalue weighted by Gasteiger charge is 1.98. The second-order valence-corrected chi connectivity index (χ2v) is 2.74. The van der Waals surface area contributed by atoms with E-state index >= 15 is 0 Å². The molecule has 0 radical (unpaired) electrons. The third kappa shape index (κ3) is 1.75. The first kappa shape index (κ1) is 8.12. The molecule has 0 aliphatic rings. The average Bonchev–Trinajstić information content (AvgIpc) is 1.95. The Morgan fingerprint density at radius 1 is 1.30 bits per heavy atom. The van der Waals surface area contributed by atoms with Gasteiger partial charge < -0.3 is 0 Å². The van der Waals surface area contributed by atoms with Gasteiger partial charge in [0.25, 0.3) is 0 Å². The number of alkyl halides is 1. The van der Waals surface area contributed by atoms with E-state index in [-0.39, 0.29) is 0 Å². The van der Waals surface area contributed by atoms with E-state index < -0.39 is 0 Å². The Kier molecular flexibility index (Phi) is 2.78. The predicted molar refractivity (Wildman–Crippen MR) is 43.8 cm³/mol. The molecule has 1 aromatic heterocycles. The van der Waals surface area contributed by atoms with Crippen molar-refractivity contribution in [3.63, 3.8) is 0 Å². The highest BCUT2D eigenvalue weighted by molar-refractivity contribution is 6.41. The van der Waals surface area contributed by atoms with Crippen LogP contribution in [0.25, 0.3) is 0 Å². The number of halogens is 3. The molecule has 0 saturated carbocycles. The van der Waals surface area contributed by atoms with E-state index in [1.807, 2.05) is 0 Å². The Hall–Kier alpha value is 0.0200. The van der Waals surface area contributed by atoms with Crippen molar-refractivity contribution in [2.75, 3.05) is 0 Å². The molecule has 4 heteroatoms. The van der Waals surface area contributed by atoms with Crippen molar-refractivity contribution in [3.8, 4) is 0 Å². The van der Waals surface area contributed by atoms with Crippen molar-refractivity contribution in [2.24, 2.45) is 0 Å². The van der Waals surface area contributed by atoms with Crippen LogP contribution in [0.4, 0.5) is 0 Å². The lowest BCUT2D eigenvalue weighted by atomic mass is 10.4. The summed E-state index contributed by atoms with van der Waals surface area (Å²) in [4.78, 5) is 3.89. The average molecular weight is 196 g/mol. The summed E-state index contributed by atoms with van der Waals surface area (Å²) in [5.74, 6) is 0.358. The fourth-order valence-electron chi connectivity index (χ4n) is 0.529. The minimum Gasteiger partial charge on any atom is -0.238 e. The van der Waals surface area contributed by atoms with Crippen LogP contribution in [0.5, 0.6) is 0 Å². The van der Waals surface area contributed by atoms with Crippen LogP contribution < -0.4 is 0 Å². The molecule has 0 fully saturated rings. The van der Waals surface area contributed by atoms with Gasteiger partial charge in [-0.3, -0.25) is 0 Å². The second-order valence-electron chi connectivity index (χ2n) is 1.71. The summed E-state index contributed by atoms with van der Waals surface area (Å²) in [6.07, 6.45) is 0. The summed E-state index contributed by atoms with van der Waals surface area (Å²) in [6, 6.07) is 3.41. The zero-order valence-corrected chi connectivity index (χ0v) is 7.21. The Morgan fingerprint density at radius 3 is 2.50 bits per heavy atom. The molecule has 0 aromatic carbocycles. The van der Waals surface area contributed by atoms with Gasteiger partial charge in [0.1, 0.15) is 5.15 Å². The first-order valence-corrected chi connectivity index (χ1v) is 3.90. The number of hydrogen-bond acceptors (Lipinski definition) is 1. The summed E-state index contributed by atoms with van der Waals surface area (Å²) in [7, 11) is 0. The Balaban J connectivity index is 3.04. The molecule has 1 heterocycles. The van der Waals surface area contributed by atoms with Crippen LogP contribution in [0.2, 0.25) is 10.2 Å². The molecule has 0 bridgehead atoms. The van der Waals surface area contributed by atoms with Gasteiger partial charge in [-0.15, -0.1) is 11.6 Å². The highest BCUT2D eigenvalue weighted by Crippen LogP contribution is 2.19. The molecule has 1 rings (SSSR count). The van der Waals surface area contributed by atoms with Crippen LogP contribution >= 0.6 is 34.8 Å². The summed E-state index contributed by atoms with van der Waals surface area (Å²) < 4.78 is 0. The van der Waals surface area contributed by atoms with Crippen molar-refractivity contribution >= 4 is 34.8 Å². The molecule has 0 unspecified atom stereocenters. The lowest BCUT2D eigenvalue weighted by molar-refractivity contribution is 1.17. The maximum absolute atomic E-state index is 5.60. The molecule has 0 N–H and O–H groups in total. The summed E-state index contributed by atoms with van der Waals surface area (Å²) in [6.45, 7) is 0. The zero-order chi connectivity index (χ0) is 7.56. The summed E-state index contributed by atoms with van der Waals surface area (Å²) in [5, 5.41) is 0.760. The van der Waals surface area contributed by atoms with Crippen LogP contribution in [0.1, 0.15) is 5.69 Å². The SMILES string of the molecule is ClCc1ccc(Cl)c(Cl)n1. The van der Waals surface area contributed by atoms with Crippen molar-refractivity contribution in [1.82, 2.24) is 4.98 Å². The predicted octanol–water partition coefficient (Wildman–Crippen LogP) is 3.13. The second kappa shape index (κ2) is 3.42. The van der Waals surface area contributed by atoms with E-state index in [2.05, 4.69) is 4.98 Å². The third-order valence-electron chi connectivity index (χ3n) is 0.998. The lowest BCUT2D eigenvalue weighted by Gasteiger charge is -1.95. The fraction of sp³-hybridized carbons (Fsp3) is 0.167. The molecule has 10 heavy (non-hydrogen) atoms. The Bertz CT molecular complexity index is 236. The minimum atomic E-state index is 0.305. The maximum atomic E-state index is 5.60. The van der Waals surface area contributed by atoms with Crippen LogP contribution in [0.3, 0.4) is 0 Å². The van der Waals surface area contributed by atoms with Crippen LogP contribution in [-0.2, 0) is 5.88 Å². The smallest absolute Gasteiger partial charge is 0.147 e. The van der Waals surface area contributed by atoms with E-state index in [4.69, 9.17) is 34.8 Å². The highest BCUT2D eigenvalue weighted by atomic mass is 35.5. The Morgan fingerprint density at radius 2 is 2.00 bits per heavy atom. The number of hydrogen-bond donors (Lipinski definition) is 0. The number of aromatic nitrogens is 1. The van der Waals surface area contributed by atoms with Crippen molar-refractivity contribution in [3.05, 3.63) is 28.0 Å². The molecule has 1 nitrogen and oxygen atoms in total. The van der Waals surface area contributed by atoms with Crippen molar-refractivity contribution in [2.45, 2.75) is 5.88 Å². The van der Waals surface area contributed by atoms with Crippen LogP contribution in [0, 0.1) is 0 Å². The number of pyridine rings is 1. The van der Waals surface area contributed by atoms with Crippen LogP contribution in [0.15, 0.2) is 12.1 Å². The molecule has 54 valence electrons. The fourth-order valence-corrected chi connectivity index (χ4v) is 0.955. The molecule has 0 aliphatic carbocycles. The number of rotatable bonds is 1. The zero-order valence-electron chi connectivity index (χ0n) is 4.94. The van der Waals surface area contributed by atoms with Crippen molar-refractivity contribution in [1.29, 1.82) is 0 Å².